The number of carbonyl (C=O) groups excluding carboxylic acids is 2. The van der Waals surface area contributed by atoms with Gasteiger partial charge < -0.3 is 10.1 Å². The largest absolute Gasteiger partial charge is 0.461 e. The van der Waals surface area contributed by atoms with Gasteiger partial charge in [0.25, 0.3) is 5.91 Å². The summed E-state index contributed by atoms with van der Waals surface area (Å²) in [6.45, 7) is 4.23. The molecule has 1 aromatic carbocycles. The highest BCUT2D eigenvalue weighted by Gasteiger charge is 2.18. The molecule has 0 aliphatic rings. The third-order valence-corrected chi connectivity index (χ3v) is 5.19. The van der Waals surface area contributed by atoms with E-state index in [4.69, 9.17) is 21.6 Å². The van der Waals surface area contributed by atoms with Gasteiger partial charge >= 0.3 is 5.97 Å². The van der Waals surface area contributed by atoms with Crippen molar-refractivity contribution in [2.45, 2.75) is 26.4 Å². The van der Waals surface area contributed by atoms with E-state index in [0.717, 1.165) is 16.9 Å². The number of esters is 1. The van der Waals surface area contributed by atoms with Gasteiger partial charge in [-0.1, -0.05) is 17.7 Å². The number of benzene rings is 1. The van der Waals surface area contributed by atoms with Crippen molar-refractivity contribution in [3.05, 3.63) is 57.1 Å². The number of nitriles is 1. The van der Waals surface area contributed by atoms with Gasteiger partial charge in [0.15, 0.2) is 0 Å². The fourth-order valence-electron chi connectivity index (χ4n) is 2.67. The van der Waals surface area contributed by atoms with Crippen LogP contribution in [0.3, 0.4) is 0 Å². The Hall–Kier alpha value is -3.22. The molecule has 8 nitrogen and oxygen atoms in total. The second-order valence-corrected chi connectivity index (χ2v) is 7.63. The third kappa shape index (κ3) is 5.03. The summed E-state index contributed by atoms with van der Waals surface area (Å²) in [6.07, 6.45) is 1.80. The van der Waals surface area contributed by atoms with Gasteiger partial charge in [0.2, 0.25) is 5.01 Å². The molecule has 0 radical (unpaired) electrons. The van der Waals surface area contributed by atoms with Crippen molar-refractivity contribution >= 4 is 34.8 Å². The maximum absolute atomic E-state index is 12.4. The number of hydrogen-bond donors (Lipinski definition) is 1. The lowest BCUT2D eigenvalue weighted by atomic mass is 10.1. The molecular weight excluding hydrogens is 426 g/mol. The molecule has 0 aliphatic carbocycles. The third-order valence-electron chi connectivity index (χ3n) is 4.05. The minimum absolute atomic E-state index is 0.146. The summed E-state index contributed by atoms with van der Waals surface area (Å²) in [4.78, 5) is 28.1. The Bertz CT molecular complexity index is 1120. The number of rotatable bonds is 7. The maximum atomic E-state index is 12.4. The molecule has 0 fully saturated rings. The Morgan fingerprint density at radius 3 is 2.90 bits per heavy atom. The van der Waals surface area contributed by atoms with Gasteiger partial charge in [-0.3, -0.25) is 9.48 Å². The minimum atomic E-state index is -0.540. The lowest BCUT2D eigenvalue weighted by molar-refractivity contribution is 0.0526. The molecule has 2 heterocycles. The number of nitrogens with one attached hydrogen (secondary N) is 1. The van der Waals surface area contributed by atoms with Crippen molar-refractivity contribution in [3.63, 3.8) is 0 Å². The zero-order valence-electron chi connectivity index (χ0n) is 16.3. The Morgan fingerprint density at radius 1 is 1.40 bits per heavy atom. The van der Waals surface area contributed by atoms with Crippen molar-refractivity contribution in [2.24, 2.45) is 0 Å². The number of amides is 1. The van der Waals surface area contributed by atoms with Crippen LogP contribution in [0.15, 0.2) is 35.8 Å². The molecule has 0 aliphatic heterocycles. The quantitative estimate of drug-likeness (QED) is 0.559. The van der Waals surface area contributed by atoms with Crippen LogP contribution in [0.5, 0.6) is 0 Å². The topological polar surface area (TPSA) is 110 Å². The average Bonchev–Trinajstić information content (AvgIpc) is 3.38. The van der Waals surface area contributed by atoms with Crippen molar-refractivity contribution < 1.29 is 14.3 Å². The molecule has 0 saturated heterocycles. The molecule has 0 spiro atoms. The first kappa shape index (κ1) is 21.5. The average molecular weight is 444 g/mol. The van der Waals surface area contributed by atoms with Crippen LogP contribution in [-0.2, 0) is 11.3 Å². The van der Waals surface area contributed by atoms with E-state index in [9.17, 15) is 9.59 Å². The highest BCUT2D eigenvalue weighted by atomic mass is 35.5. The molecule has 1 amide bonds. The molecule has 3 aromatic rings. The molecule has 1 N–H and O–H groups in total. The number of hydrogen-bond acceptors (Lipinski definition) is 7. The van der Waals surface area contributed by atoms with E-state index in [1.807, 2.05) is 19.1 Å². The molecule has 0 saturated carbocycles. The second kappa shape index (κ2) is 9.52. The monoisotopic (exact) mass is 443 g/mol. The van der Waals surface area contributed by atoms with Gasteiger partial charge in [-0.15, -0.1) is 11.3 Å². The van der Waals surface area contributed by atoms with Crippen LogP contribution in [-0.4, -0.2) is 39.3 Å². The summed E-state index contributed by atoms with van der Waals surface area (Å²) in [5, 5.41) is 18.3. The highest BCUT2D eigenvalue weighted by Crippen LogP contribution is 2.24. The summed E-state index contributed by atoms with van der Waals surface area (Å²) in [5.41, 5.74) is 2.08. The Balaban J connectivity index is 1.61. The van der Waals surface area contributed by atoms with Crippen molar-refractivity contribution in [3.8, 4) is 17.3 Å². The van der Waals surface area contributed by atoms with Gasteiger partial charge in [-0.05, 0) is 32.0 Å². The summed E-state index contributed by atoms with van der Waals surface area (Å²) in [5.74, 6) is -0.915. The van der Waals surface area contributed by atoms with E-state index in [2.05, 4.69) is 15.4 Å². The summed E-state index contributed by atoms with van der Waals surface area (Å²) in [7, 11) is 0. The number of halogens is 1. The van der Waals surface area contributed by atoms with E-state index in [0.29, 0.717) is 22.8 Å². The SMILES string of the molecule is CCOC(=O)c1nc(C(=O)N[C@H](C)Cn2ccc(-c3ccc(C#N)c(Cl)c3)n2)cs1. The number of ether oxygens (including phenoxy) is 1. The van der Waals surface area contributed by atoms with Crippen molar-refractivity contribution in [1.82, 2.24) is 20.1 Å². The number of thiazole rings is 1. The zero-order chi connectivity index (χ0) is 21.7. The van der Waals surface area contributed by atoms with Crippen LogP contribution in [0, 0.1) is 11.3 Å². The van der Waals surface area contributed by atoms with E-state index >= 15 is 0 Å². The van der Waals surface area contributed by atoms with Crippen LogP contribution in [0.1, 0.15) is 39.7 Å². The molecule has 0 bridgehead atoms. The lowest BCUT2D eigenvalue weighted by Crippen LogP contribution is -2.36. The molecule has 10 heteroatoms. The lowest BCUT2D eigenvalue weighted by Gasteiger charge is -2.13. The predicted molar refractivity (Wildman–Crippen MR) is 112 cm³/mol. The Kier molecular flexibility index (Phi) is 6.82. The van der Waals surface area contributed by atoms with Gasteiger partial charge in [0.05, 0.1) is 29.4 Å². The first-order chi connectivity index (χ1) is 14.4. The van der Waals surface area contributed by atoms with E-state index < -0.39 is 5.97 Å². The molecule has 2 aromatic heterocycles. The summed E-state index contributed by atoms with van der Waals surface area (Å²) in [6, 6.07) is 8.75. The summed E-state index contributed by atoms with van der Waals surface area (Å²) < 4.78 is 6.59. The van der Waals surface area contributed by atoms with Gasteiger partial charge in [0, 0.05) is 23.2 Å². The second-order valence-electron chi connectivity index (χ2n) is 6.36. The van der Waals surface area contributed by atoms with Crippen LogP contribution < -0.4 is 5.32 Å². The predicted octanol–water partition coefficient (Wildman–Crippen LogP) is 3.53. The Labute approximate surface area is 182 Å². The molecule has 3 rings (SSSR count). The maximum Gasteiger partial charge on any atom is 0.367 e. The standard InChI is InChI=1S/C20H18ClN5O3S/c1-3-29-20(28)19-24-17(11-30-19)18(27)23-12(2)10-26-7-6-16(25-26)13-4-5-14(9-22)15(21)8-13/h4-8,11-12H,3,10H2,1-2H3,(H,23,27)/t12-/m1/s1. The van der Waals surface area contributed by atoms with E-state index in [1.165, 1.54) is 5.38 Å². The minimum Gasteiger partial charge on any atom is -0.461 e. The first-order valence-electron chi connectivity index (χ1n) is 9.08. The number of carbonyl (C=O) groups is 2. The van der Waals surface area contributed by atoms with Crippen LogP contribution in [0.25, 0.3) is 11.3 Å². The van der Waals surface area contributed by atoms with Gasteiger partial charge in [-0.2, -0.15) is 10.4 Å². The Morgan fingerprint density at radius 2 is 2.20 bits per heavy atom. The van der Waals surface area contributed by atoms with E-state index in [1.54, 1.807) is 36.0 Å². The van der Waals surface area contributed by atoms with Crippen LogP contribution >= 0.6 is 22.9 Å². The first-order valence-corrected chi connectivity index (χ1v) is 10.3. The highest BCUT2D eigenvalue weighted by molar-refractivity contribution is 7.11. The smallest absolute Gasteiger partial charge is 0.367 e. The van der Waals surface area contributed by atoms with Crippen molar-refractivity contribution in [2.75, 3.05) is 6.61 Å². The normalized spacial score (nSPS) is 11.5. The number of nitrogens with zero attached hydrogens (tertiary/aromatic N) is 4. The zero-order valence-corrected chi connectivity index (χ0v) is 17.8. The molecule has 1 atom stereocenters. The fraction of sp³-hybridized carbons (Fsp3) is 0.250. The fourth-order valence-corrected chi connectivity index (χ4v) is 3.58. The summed E-state index contributed by atoms with van der Waals surface area (Å²) >= 11 is 7.15. The van der Waals surface area contributed by atoms with Crippen LogP contribution in [0.2, 0.25) is 5.02 Å². The van der Waals surface area contributed by atoms with Gasteiger partial charge in [-0.25, -0.2) is 9.78 Å². The van der Waals surface area contributed by atoms with Crippen LogP contribution in [0.4, 0.5) is 0 Å². The van der Waals surface area contributed by atoms with E-state index in [-0.39, 0.29) is 29.3 Å². The number of aromatic nitrogens is 3. The molecule has 30 heavy (non-hydrogen) atoms. The van der Waals surface area contributed by atoms with Gasteiger partial charge in [0.1, 0.15) is 11.8 Å². The molecular formula is C20H18ClN5O3S. The molecule has 0 unspecified atom stereocenters. The van der Waals surface area contributed by atoms with Crippen molar-refractivity contribution in [1.29, 1.82) is 5.26 Å². The molecule has 154 valence electrons.